The van der Waals surface area contributed by atoms with E-state index in [1.807, 2.05) is 4.98 Å². The normalized spacial score (nSPS) is 13.5. The van der Waals surface area contributed by atoms with E-state index < -0.39 is 77.3 Å². The Hall–Kier alpha value is -3.75. The van der Waals surface area contributed by atoms with Gasteiger partial charge in [0.25, 0.3) is 0 Å². The fourth-order valence-corrected chi connectivity index (χ4v) is 2.42. The first kappa shape index (κ1) is 24.3. The smallest absolute Gasteiger partial charge is 0.375 e. The second-order valence-corrected chi connectivity index (χ2v) is 5.84. The molecule has 0 aromatic carbocycles. The zero-order valence-electron chi connectivity index (χ0n) is 16.2. The number of carbonyl (C=O) groups excluding carboxylic acids is 3. The fraction of sp³-hybridized carbons (Fsp3) is 0.533. The number of carbonyl (C=O) groups is 3. The second kappa shape index (κ2) is 10.7. The van der Waals surface area contributed by atoms with Crippen LogP contribution in [-0.2, 0) is 28.6 Å². The molecule has 0 radical (unpaired) electrons. The van der Waals surface area contributed by atoms with Gasteiger partial charge in [-0.2, -0.15) is 4.98 Å². The van der Waals surface area contributed by atoms with Gasteiger partial charge < -0.3 is 30.4 Å². The van der Waals surface area contributed by atoms with Crippen LogP contribution in [-0.4, -0.2) is 69.4 Å². The number of anilines is 2. The minimum absolute atomic E-state index is 0.429. The molecule has 15 heteroatoms. The predicted molar refractivity (Wildman–Crippen MR) is 98.2 cm³/mol. The monoisotopic (exact) mass is 431 g/mol. The van der Waals surface area contributed by atoms with Gasteiger partial charge in [0.05, 0.1) is 18.1 Å². The number of hydrogen-bond acceptors (Lipinski definition) is 13. The summed E-state index contributed by atoms with van der Waals surface area (Å²) in [4.78, 5) is 61.8. The first-order chi connectivity index (χ1) is 14.0. The number of ether oxygens (including phenoxy) is 3. The highest BCUT2D eigenvalue weighted by molar-refractivity contribution is 5.68. The molecule has 3 atom stereocenters. The molecule has 1 aromatic rings. The van der Waals surface area contributed by atoms with Gasteiger partial charge in [-0.3, -0.25) is 34.3 Å². The quantitative estimate of drug-likeness (QED) is 0.143. The standard InChI is InChI=1S/C15H21N5O10/c1-6(22)28-9(12(30-8(3)24)10(5-21)29-7(2)23)4-17-13-11(20(26)27)14(25)19-15(16)18-13/h9-10,12,21H,4-5H2,1-3H3,(H4,16,17,18,19,25). The van der Waals surface area contributed by atoms with Crippen molar-refractivity contribution in [3.63, 3.8) is 0 Å². The summed E-state index contributed by atoms with van der Waals surface area (Å²) in [6.45, 7) is 1.80. The minimum atomic E-state index is -1.49. The number of H-pyrrole nitrogens is 1. The third-order valence-corrected chi connectivity index (χ3v) is 3.42. The van der Waals surface area contributed by atoms with E-state index in [1.54, 1.807) is 0 Å². The molecule has 1 aromatic heterocycles. The molecule has 1 rings (SSSR count). The van der Waals surface area contributed by atoms with Crippen molar-refractivity contribution in [2.24, 2.45) is 0 Å². The zero-order valence-corrected chi connectivity index (χ0v) is 16.2. The Morgan fingerprint density at radius 2 is 1.70 bits per heavy atom. The lowest BCUT2D eigenvalue weighted by molar-refractivity contribution is -0.385. The maximum atomic E-state index is 11.8. The number of aromatic nitrogens is 2. The summed E-state index contributed by atoms with van der Waals surface area (Å²) >= 11 is 0. The highest BCUT2D eigenvalue weighted by Gasteiger charge is 2.37. The molecule has 0 saturated carbocycles. The molecule has 0 saturated heterocycles. The maximum Gasteiger partial charge on any atom is 0.375 e. The highest BCUT2D eigenvalue weighted by Crippen LogP contribution is 2.19. The van der Waals surface area contributed by atoms with Crippen LogP contribution < -0.4 is 16.6 Å². The lowest BCUT2D eigenvalue weighted by Crippen LogP contribution is -2.49. The molecule has 0 fully saturated rings. The van der Waals surface area contributed by atoms with E-state index in [0.29, 0.717) is 0 Å². The zero-order chi connectivity index (χ0) is 23.0. The van der Waals surface area contributed by atoms with Gasteiger partial charge in [-0.25, -0.2) is 0 Å². The molecule has 0 amide bonds. The maximum absolute atomic E-state index is 11.8. The van der Waals surface area contributed by atoms with E-state index in [2.05, 4.69) is 10.3 Å². The van der Waals surface area contributed by atoms with E-state index in [0.717, 1.165) is 20.8 Å². The molecular formula is C15H21N5O10. The Kier molecular flexibility index (Phi) is 8.66. The molecule has 1 heterocycles. The molecule has 0 aliphatic heterocycles. The fourth-order valence-electron chi connectivity index (χ4n) is 2.42. The van der Waals surface area contributed by atoms with Crippen molar-refractivity contribution in [3.8, 4) is 0 Å². The third kappa shape index (κ3) is 7.01. The number of hydrogen-bond donors (Lipinski definition) is 4. The Bertz CT molecular complexity index is 870. The van der Waals surface area contributed by atoms with Crippen LogP contribution in [0.25, 0.3) is 0 Å². The summed E-state index contributed by atoms with van der Waals surface area (Å²) in [7, 11) is 0. The van der Waals surface area contributed by atoms with Crippen LogP contribution in [0.15, 0.2) is 4.79 Å². The van der Waals surface area contributed by atoms with Crippen molar-refractivity contribution in [1.82, 2.24) is 9.97 Å². The molecule has 0 spiro atoms. The Morgan fingerprint density at radius 1 is 1.17 bits per heavy atom. The minimum Gasteiger partial charge on any atom is -0.457 e. The number of nitrogens with one attached hydrogen (secondary N) is 2. The predicted octanol–water partition coefficient (Wildman–Crippen LogP) is -1.54. The third-order valence-electron chi connectivity index (χ3n) is 3.42. The summed E-state index contributed by atoms with van der Waals surface area (Å²) in [6, 6.07) is 0. The molecule has 166 valence electrons. The Morgan fingerprint density at radius 3 is 2.17 bits per heavy atom. The summed E-state index contributed by atoms with van der Waals surface area (Å²) in [5.74, 6) is -3.49. The lowest BCUT2D eigenvalue weighted by Gasteiger charge is -2.31. The Labute approximate surface area is 168 Å². The average molecular weight is 431 g/mol. The van der Waals surface area contributed by atoms with Crippen LogP contribution in [0.4, 0.5) is 17.5 Å². The molecular weight excluding hydrogens is 410 g/mol. The lowest BCUT2D eigenvalue weighted by atomic mass is 10.1. The Balaban J connectivity index is 3.28. The van der Waals surface area contributed by atoms with Crippen molar-refractivity contribution in [2.45, 2.75) is 39.1 Å². The highest BCUT2D eigenvalue weighted by atomic mass is 16.6. The van der Waals surface area contributed by atoms with E-state index in [1.165, 1.54) is 0 Å². The van der Waals surface area contributed by atoms with Gasteiger partial charge in [0, 0.05) is 20.8 Å². The number of esters is 3. The first-order valence-corrected chi connectivity index (χ1v) is 8.36. The summed E-state index contributed by atoms with van der Waals surface area (Å²) in [5, 5.41) is 23.1. The van der Waals surface area contributed by atoms with Crippen LogP contribution in [0.2, 0.25) is 0 Å². The van der Waals surface area contributed by atoms with Gasteiger partial charge in [-0.05, 0) is 0 Å². The molecule has 15 nitrogen and oxygen atoms in total. The van der Waals surface area contributed by atoms with Crippen LogP contribution in [0, 0.1) is 10.1 Å². The van der Waals surface area contributed by atoms with Crippen LogP contribution >= 0.6 is 0 Å². The van der Waals surface area contributed by atoms with E-state index in [9.17, 15) is 34.4 Å². The van der Waals surface area contributed by atoms with Gasteiger partial charge in [0.1, 0.15) is 0 Å². The van der Waals surface area contributed by atoms with E-state index in [4.69, 9.17) is 19.9 Å². The summed E-state index contributed by atoms with van der Waals surface area (Å²) in [5.41, 5.74) is 3.29. The van der Waals surface area contributed by atoms with Gasteiger partial charge in [0.15, 0.2) is 18.3 Å². The van der Waals surface area contributed by atoms with E-state index >= 15 is 0 Å². The topological polar surface area (TPSA) is 226 Å². The molecule has 3 unspecified atom stereocenters. The summed E-state index contributed by atoms with van der Waals surface area (Å²) in [6.07, 6.45) is -4.33. The van der Waals surface area contributed by atoms with E-state index in [-0.39, 0.29) is 0 Å². The number of nitrogens with zero attached hydrogens (tertiary/aromatic N) is 2. The number of nitro groups is 1. The van der Waals surface area contributed by atoms with Gasteiger partial charge in [0.2, 0.25) is 11.8 Å². The first-order valence-electron chi connectivity index (χ1n) is 8.36. The summed E-state index contributed by atoms with van der Waals surface area (Å²) < 4.78 is 15.0. The van der Waals surface area contributed by atoms with Crippen LogP contribution in [0.1, 0.15) is 20.8 Å². The van der Waals surface area contributed by atoms with Crippen molar-refractivity contribution in [3.05, 3.63) is 20.5 Å². The largest absolute Gasteiger partial charge is 0.457 e. The average Bonchev–Trinajstić information content (AvgIpc) is 2.59. The SMILES string of the molecule is CC(=O)OC(CO)C(OC(C)=O)C(CNc1nc(N)[nH]c(=O)c1[N+](=O)[O-])OC(C)=O. The van der Waals surface area contributed by atoms with Crippen molar-refractivity contribution < 1.29 is 38.6 Å². The molecule has 5 N–H and O–H groups in total. The number of aliphatic hydroxyl groups is 1. The molecule has 30 heavy (non-hydrogen) atoms. The second-order valence-electron chi connectivity index (χ2n) is 5.84. The van der Waals surface area contributed by atoms with Crippen LogP contribution in [0.3, 0.4) is 0 Å². The van der Waals surface area contributed by atoms with Gasteiger partial charge in [-0.15, -0.1) is 0 Å². The van der Waals surface area contributed by atoms with Crippen molar-refractivity contribution in [1.29, 1.82) is 0 Å². The number of nitrogens with two attached hydrogens (primary N) is 1. The van der Waals surface area contributed by atoms with Crippen LogP contribution in [0.5, 0.6) is 0 Å². The van der Waals surface area contributed by atoms with Crippen molar-refractivity contribution >= 4 is 35.4 Å². The molecule has 0 bridgehead atoms. The van der Waals surface area contributed by atoms with Crippen molar-refractivity contribution in [2.75, 3.05) is 24.2 Å². The number of aliphatic hydroxyl groups excluding tert-OH is 1. The number of aromatic amines is 1. The molecule has 0 aliphatic rings. The molecule has 0 aliphatic carbocycles. The number of nitrogen functional groups attached to an aromatic ring is 1. The van der Waals surface area contributed by atoms with Gasteiger partial charge >= 0.3 is 29.2 Å². The number of rotatable bonds is 10. The van der Waals surface area contributed by atoms with Gasteiger partial charge in [-0.1, -0.05) is 0 Å².